The van der Waals surface area contributed by atoms with Crippen molar-refractivity contribution in [2.45, 2.75) is 30.8 Å². The molecule has 0 aliphatic carbocycles. The van der Waals surface area contributed by atoms with E-state index in [0.717, 1.165) is 5.82 Å². The van der Waals surface area contributed by atoms with Crippen LogP contribution in [0.4, 0.5) is 5.69 Å². The molecule has 0 bridgehead atoms. The molecule has 0 spiro atoms. The first-order valence-electron chi connectivity index (χ1n) is 7.78. The highest BCUT2D eigenvalue weighted by molar-refractivity contribution is 8.00. The maximum atomic E-state index is 12.7. The number of nitrogens with one attached hydrogen (secondary N) is 1. The number of rotatable bonds is 6. The van der Waals surface area contributed by atoms with E-state index >= 15 is 0 Å². The summed E-state index contributed by atoms with van der Waals surface area (Å²) < 4.78 is 7.22. The summed E-state index contributed by atoms with van der Waals surface area (Å²) in [5.41, 5.74) is 1.03. The summed E-state index contributed by atoms with van der Waals surface area (Å²) in [5, 5.41) is 11.2. The Labute approximate surface area is 149 Å². The third-order valence-electron chi connectivity index (χ3n) is 3.76. The van der Waals surface area contributed by atoms with Crippen LogP contribution in [-0.2, 0) is 11.3 Å². The van der Waals surface area contributed by atoms with E-state index in [9.17, 15) is 9.59 Å². The highest BCUT2D eigenvalue weighted by Gasteiger charge is 2.23. The first-order valence-corrected chi connectivity index (χ1v) is 8.66. The van der Waals surface area contributed by atoms with Crippen molar-refractivity contribution in [1.82, 2.24) is 14.8 Å². The number of amides is 1. The SMILES string of the molecule is C=CCn1c(C)nnc1S[C@H](C)C(=O)c1ccc2c(c1)NC(=O)CO2. The van der Waals surface area contributed by atoms with Gasteiger partial charge in [0, 0.05) is 12.1 Å². The number of hydrogen-bond donors (Lipinski definition) is 1. The van der Waals surface area contributed by atoms with Crippen LogP contribution in [0.15, 0.2) is 36.0 Å². The van der Waals surface area contributed by atoms with Gasteiger partial charge in [-0.25, -0.2) is 0 Å². The topological polar surface area (TPSA) is 86.1 Å². The number of thioether (sulfide) groups is 1. The number of nitrogens with zero attached hydrogens (tertiary/aromatic N) is 3. The van der Waals surface area contributed by atoms with Crippen molar-refractivity contribution in [1.29, 1.82) is 0 Å². The van der Waals surface area contributed by atoms with Crippen molar-refractivity contribution in [2.75, 3.05) is 11.9 Å². The van der Waals surface area contributed by atoms with E-state index in [2.05, 4.69) is 22.1 Å². The highest BCUT2D eigenvalue weighted by atomic mass is 32.2. The summed E-state index contributed by atoms with van der Waals surface area (Å²) in [6, 6.07) is 5.05. The van der Waals surface area contributed by atoms with Crippen molar-refractivity contribution < 1.29 is 14.3 Å². The molecule has 7 nitrogen and oxygen atoms in total. The van der Waals surface area contributed by atoms with E-state index in [1.165, 1.54) is 11.8 Å². The van der Waals surface area contributed by atoms with Crippen LogP contribution in [-0.4, -0.2) is 38.3 Å². The molecule has 1 aliphatic rings. The lowest BCUT2D eigenvalue weighted by atomic mass is 10.1. The minimum atomic E-state index is -0.356. The van der Waals surface area contributed by atoms with E-state index in [0.29, 0.717) is 28.7 Å². The van der Waals surface area contributed by atoms with Crippen LogP contribution in [0, 0.1) is 6.92 Å². The molecular weight excluding hydrogens is 340 g/mol. The molecule has 1 aromatic carbocycles. The molecule has 1 amide bonds. The molecule has 0 saturated heterocycles. The molecule has 2 heterocycles. The van der Waals surface area contributed by atoms with Gasteiger partial charge >= 0.3 is 0 Å². The Morgan fingerprint density at radius 3 is 3.08 bits per heavy atom. The van der Waals surface area contributed by atoms with Gasteiger partial charge in [-0.15, -0.1) is 16.8 Å². The average molecular weight is 358 g/mol. The van der Waals surface area contributed by atoms with Crippen LogP contribution in [0.3, 0.4) is 0 Å². The zero-order valence-electron chi connectivity index (χ0n) is 14.0. The van der Waals surface area contributed by atoms with E-state index in [4.69, 9.17) is 4.74 Å². The largest absolute Gasteiger partial charge is 0.482 e. The quantitative estimate of drug-likeness (QED) is 0.485. The Kier molecular flexibility index (Phi) is 4.89. The van der Waals surface area contributed by atoms with Gasteiger partial charge in [0.15, 0.2) is 17.5 Å². The number of ketones is 1. The smallest absolute Gasteiger partial charge is 0.262 e. The van der Waals surface area contributed by atoms with Gasteiger partial charge in [-0.3, -0.25) is 9.59 Å². The van der Waals surface area contributed by atoms with Crippen molar-refractivity contribution >= 4 is 29.1 Å². The Balaban J connectivity index is 1.78. The lowest BCUT2D eigenvalue weighted by Crippen LogP contribution is -2.25. The summed E-state index contributed by atoms with van der Waals surface area (Å²) in [6.07, 6.45) is 1.76. The maximum Gasteiger partial charge on any atom is 0.262 e. The van der Waals surface area contributed by atoms with E-state index in [1.807, 2.05) is 18.4 Å². The first-order chi connectivity index (χ1) is 12.0. The van der Waals surface area contributed by atoms with Gasteiger partial charge in [-0.05, 0) is 32.0 Å². The molecule has 1 aromatic heterocycles. The maximum absolute atomic E-state index is 12.7. The van der Waals surface area contributed by atoms with E-state index < -0.39 is 0 Å². The number of hydrogen-bond acceptors (Lipinski definition) is 6. The summed E-state index contributed by atoms with van der Waals surface area (Å²) in [6.45, 7) is 7.99. The second-order valence-corrected chi connectivity index (χ2v) is 6.91. The number of anilines is 1. The molecule has 1 N–H and O–H groups in total. The predicted molar refractivity (Wildman–Crippen MR) is 95.2 cm³/mol. The Bertz CT molecular complexity index is 846. The molecule has 8 heteroatoms. The normalized spacial score (nSPS) is 14.2. The zero-order valence-corrected chi connectivity index (χ0v) is 14.8. The first kappa shape index (κ1) is 17.2. The summed E-state index contributed by atoms with van der Waals surface area (Å²) in [4.78, 5) is 24.2. The van der Waals surface area contributed by atoms with Crippen LogP contribution >= 0.6 is 11.8 Å². The van der Waals surface area contributed by atoms with Crippen LogP contribution < -0.4 is 10.1 Å². The van der Waals surface area contributed by atoms with Crippen molar-refractivity contribution in [3.05, 3.63) is 42.2 Å². The average Bonchev–Trinajstić information content (AvgIpc) is 2.94. The van der Waals surface area contributed by atoms with Crippen molar-refractivity contribution in [3.8, 4) is 5.75 Å². The molecule has 1 aliphatic heterocycles. The number of aromatic nitrogens is 3. The minimum Gasteiger partial charge on any atom is -0.482 e. The molecule has 0 saturated carbocycles. The summed E-state index contributed by atoms with van der Waals surface area (Å²) >= 11 is 1.35. The molecule has 0 fully saturated rings. The number of allylic oxidation sites excluding steroid dienone is 1. The number of ether oxygens (including phenoxy) is 1. The number of benzene rings is 1. The molecular formula is C17H18N4O3S. The molecule has 0 radical (unpaired) electrons. The zero-order chi connectivity index (χ0) is 18.0. The molecule has 0 unspecified atom stereocenters. The van der Waals surface area contributed by atoms with Crippen LogP contribution in [0.2, 0.25) is 0 Å². The summed E-state index contributed by atoms with van der Waals surface area (Å²) in [5.74, 6) is 1.06. The van der Waals surface area contributed by atoms with Gasteiger partial charge in [-0.1, -0.05) is 17.8 Å². The fourth-order valence-corrected chi connectivity index (χ4v) is 3.45. The molecule has 25 heavy (non-hydrogen) atoms. The summed E-state index contributed by atoms with van der Waals surface area (Å²) in [7, 11) is 0. The second kappa shape index (κ2) is 7.10. The van der Waals surface area contributed by atoms with Gasteiger partial charge in [0.1, 0.15) is 11.6 Å². The number of Topliss-reactive ketones (excluding diaryl/α,β-unsaturated/α-hetero) is 1. The monoisotopic (exact) mass is 358 g/mol. The fraction of sp³-hybridized carbons (Fsp3) is 0.294. The number of carbonyl (C=O) groups excluding carboxylic acids is 2. The van der Waals surface area contributed by atoms with Crippen molar-refractivity contribution in [3.63, 3.8) is 0 Å². The van der Waals surface area contributed by atoms with Gasteiger partial charge < -0.3 is 14.6 Å². The molecule has 1 atom stereocenters. The van der Waals surface area contributed by atoms with Crippen LogP contribution in [0.1, 0.15) is 23.1 Å². The highest BCUT2D eigenvalue weighted by Crippen LogP contribution is 2.31. The Hall–Kier alpha value is -2.61. The second-order valence-electron chi connectivity index (χ2n) is 5.60. The third-order valence-corrected chi connectivity index (χ3v) is 4.84. The Morgan fingerprint density at radius 1 is 1.52 bits per heavy atom. The van der Waals surface area contributed by atoms with Gasteiger partial charge in [0.25, 0.3) is 5.91 Å². The lowest BCUT2D eigenvalue weighted by Gasteiger charge is -2.19. The third kappa shape index (κ3) is 3.58. The van der Waals surface area contributed by atoms with Crippen LogP contribution in [0.25, 0.3) is 0 Å². The lowest BCUT2D eigenvalue weighted by molar-refractivity contribution is -0.118. The molecule has 2 aromatic rings. The number of carbonyl (C=O) groups is 2. The number of fused-ring (bicyclic) bond motifs is 1. The fourth-order valence-electron chi connectivity index (χ4n) is 2.47. The van der Waals surface area contributed by atoms with Gasteiger partial charge in [-0.2, -0.15) is 0 Å². The minimum absolute atomic E-state index is 0.00907. The standard InChI is InChI=1S/C17H18N4O3S/c1-4-7-21-11(3)19-20-17(21)25-10(2)16(23)12-5-6-14-13(8-12)18-15(22)9-24-14/h4-6,8,10H,1,7,9H2,2-3H3,(H,18,22)/t10-/m1/s1. The van der Waals surface area contributed by atoms with Crippen molar-refractivity contribution in [2.24, 2.45) is 0 Å². The Morgan fingerprint density at radius 2 is 2.32 bits per heavy atom. The predicted octanol–water partition coefficient (Wildman–Crippen LogP) is 2.47. The van der Waals surface area contributed by atoms with Gasteiger partial charge in [0.05, 0.1) is 10.9 Å². The molecule has 130 valence electrons. The van der Waals surface area contributed by atoms with Crippen LogP contribution in [0.5, 0.6) is 5.75 Å². The van der Waals surface area contributed by atoms with E-state index in [-0.39, 0.29) is 23.5 Å². The number of aryl methyl sites for hydroxylation is 1. The molecule has 3 rings (SSSR count). The van der Waals surface area contributed by atoms with E-state index in [1.54, 1.807) is 24.3 Å². The van der Waals surface area contributed by atoms with Gasteiger partial charge in [0.2, 0.25) is 0 Å².